The Bertz CT molecular complexity index is 1590. The molecule has 0 radical (unpaired) electrons. The molecular formula is C28H25F3N4O2. The normalized spacial score (nSPS) is 18.8. The van der Waals surface area contributed by atoms with Crippen LogP contribution in [0.15, 0.2) is 53.5 Å². The maximum absolute atomic E-state index is 14.0. The van der Waals surface area contributed by atoms with E-state index in [1.807, 2.05) is 4.90 Å². The number of nitrogens with zero attached hydrogens (tertiary/aromatic N) is 4. The van der Waals surface area contributed by atoms with E-state index < -0.39 is 18.3 Å². The summed E-state index contributed by atoms with van der Waals surface area (Å²) in [6.07, 6.45) is 4.54. The SMILES string of the molecule is Cn1nc2c(c1-c1cc(F)cc(F)c1)C[C@H]1CCC[C@@H]2N1C(=O)c1ccc2c(c1)c(=O)ccn2CCF. The van der Waals surface area contributed by atoms with Gasteiger partial charge in [0.15, 0.2) is 5.43 Å². The van der Waals surface area contributed by atoms with Gasteiger partial charge in [0.2, 0.25) is 0 Å². The van der Waals surface area contributed by atoms with Crippen LogP contribution in [-0.2, 0) is 20.0 Å². The van der Waals surface area contributed by atoms with Crippen molar-refractivity contribution in [2.24, 2.45) is 7.05 Å². The Labute approximate surface area is 210 Å². The van der Waals surface area contributed by atoms with Gasteiger partial charge in [-0.05, 0) is 56.0 Å². The third-order valence-corrected chi connectivity index (χ3v) is 7.60. The fraction of sp³-hybridized carbons (Fsp3) is 0.321. The average molecular weight is 507 g/mol. The monoisotopic (exact) mass is 506 g/mol. The van der Waals surface area contributed by atoms with Crippen LogP contribution in [0.3, 0.4) is 0 Å². The van der Waals surface area contributed by atoms with Crippen LogP contribution >= 0.6 is 0 Å². The summed E-state index contributed by atoms with van der Waals surface area (Å²) in [5, 5.41) is 5.09. The van der Waals surface area contributed by atoms with E-state index in [9.17, 15) is 22.8 Å². The highest BCUT2D eigenvalue weighted by Gasteiger charge is 2.43. The van der Waals surface area contributed by atoms with Crippen LogP contribution in [0.2, 0.25) is 0 Å². The Morgan fingerprint density at radius 2 is 1.86 bits per heavy atom. The van der Waals surface area contributed by atoms with Gasteiger partial charge in [-0.2, -0.15) is 5.10 Å². The number of aryl methyl sites for hydroxylation is 2. The summed E-state index contributed by atoms with van der Waals surface area (Å²) < 4.78 is 44.3. The summed E-state index contributed by atoms with van der Waals surface area (Å²) in [7, 11) is 1.75. The topological polar surface area (TPSA) is 60.1 Å². The van der Waals surface area contributed by atoms with Crippen LogP contribution in [-0.4, -0.2) is 37.9 Å². The average Bonchev–Trinajstić information content (AvgIpc) is 3.20. The van der Waals surface area contributed by atoms with Crippen molar-refractivity contribution in [3.05, 3.63) is 87.3 Å². The fourth-order valence-corrected chi connectivity index (χ4v) is 6.08. The maximum Gasteiger partial charge on any atom is 0.254 e. The molecule has 0 saturated carbocycles. The first-order valence-corrected chi connectivity index (χ1v) is 12.4. The molecule has 190 valence electrons. The Morgan fingerprint density at radius 1 is 1.08 bits per heavy atom. The van der Waals surface area contributed by atoms with Crippen molar-refractivity contribution in [1.29, 1.82) is 0 Å². The van der Waals surface area contributed by atoms with E-state index in [4.69, 9.17) is 5.10 Å². The number of piperidine rings is 1. The molecule has 2 aliphatic heterocycles. The van der Waals surface area contributed by atoms with Gasteiger partial charge in [0.1, 0.15) is 18.3 Å². The lowest BCUT2D eigenvalue weighted by Crippen LogP contribution is -2.49. The molecule has 4 aromatic rings. The second-order valence-electron chi connectivity index (χ2n) is 9.81. The minimum atomic E-state index is -0.653. The number of alkyl halides is 1. The Hall–Kier alpha value is -3.88. The number of amides is 1. The molecule has 9 heteroatoms. The summed E-state index contributed by atoms with van der Waals surface area (Å²) in [5.74, 6) is -1.49. The molecule has 2 aromatic carbocycles. The summed E-state index contributed by atoms with van der Waals surface area (Å²) in [6.45, 7) is -0.438. The first kappa shape index (κ1) is 23.5. The van der Waals surface area contributed by atoms with Gasteiger partial charge in [-0.15, -0.1) is 0 Å². The molecule has 0 spiro atoms. The predicted octanol–water partition coefficient (Wildman–Crippen LogP) is 4.94. The smallest absolute Gasteiger partial charge is 0.254 e. The minimum Gasteiger partial charge on any atom is -0.345 e. The van der Waals surface area contributed by atoms with Crippen molar-refractivity contribution in [3.8, 4) is 11.3 Å². The van der Waals surface area contributed by atoms with Crippen molar-refractivity contribution >= 4 is 16.8 Å². The van der Waals surface area contributed by atoms with Crippen LogP contribution in [0.5, 0.6) is 0 Å². The number of fused-ring (bicyclic) bond motifs is 5. The van der Waals surface area contributed by atoms with E-state index in [1.54, 1.807) is 40.7 Å². The first-order chi connectivity index (χ1) is 17.9. The number of hydrogen-bond donors (Lipinski definition) is 0. The minimum absolute atomic E-state index is 0.102. The Kier molecular flexibility index (Phi) is 5.66. The van der Waals surface area contributed by atoms with Gasteiger partial charge in [0, 0.05) is 53.5 Å². The standard InChI is InChI=1S/C28H25F3N4O2/c1-33-27(17-11-18(30)14-19(31)12-17)22-15-20-3-2-4-24(26(22)32-33)35(20)28(37)16-5-6-23-21(13-16)25(36)7-9-34(23)10-8-29/h5-7,9,11-14,20,24H,2-4,8,10,15H2,1H3/t20-,24+/m1/s1. The number of aromatic nitrogens is 3. The molecule has 2 aromatic heterocycles. The fourth-order valence-electron chi connectivity index (χ4n) is 6.08. The Balaban J connectivity index is 1.41. The zero-order chi connectivity index (χ0) is 25.8. The van der Waals surface area contributed by atoms with Gasteiger partial charge in [0.05, 0.1) is 29.5 Å². The molecule has 37 heavy (non-hydrogen) atoms. The van der Waals surface area contributed by atoms with Crippen molar-refractivity contribution < 1.29 is 18.0 Å². The molecular weight excluding hydrogens is 481 g/mol. The predicted molar refractivity (Wildman–Crippen MR) is 133 cm³/mol. The highest BCUT2D eigenvalue weighted by atomic mass is 19.1. The molecule has 2 aliphatic rings. The summed E-state index contributed by atoms with van der Waals surface area (Å²) >= 11 is 0. The number of hydrogen-bond acceptors (Lipinski definition) is 3. The van der Waals surface area contributed by atoms with E-state index in [-0.39, 0.29) is 30.0 Å². The zero-order valence-electron chi connectivity index (χ0n) is 20.3. The second kappa shape index (κ2) is 8.90. The lowest BCUT2D eigenvalue weighted by atomic mass is 9.81. The zero-order valence-corrected chi connectivity index (χ0v) is 20.3. The van der Waals surface area contributed by atoms with Crippen molar-refractivity contribution in [1.82, 2.24) is 19.2 Å². The van der Waals surface area contributed by atoms with Gasteiger partial charge in [0.25, 0.3) is 5.91 Å². The number of pyridine rings is 1. The summed E-state index contributed by atoms with van der Waals surface area (Å²) in [4.78, 5) is 28.3. The highest BCUT2D eigenvalue weighted by molar-refractivity contribution is 5.98. The van der Waals surface area contributed by atoms with E-state index in [1.165, 1.54) is 18.2 Å². The molecule has 0 N–H and O–H groups in total. The van der Waals surface area contributed by atoms with Gasteiger partial charge < -0.3 is 9.47 Å². The molecule has 6 rings (SSSR count). The van der Waals surface area contributed by atoms with E-state index in [0.717, 1.165) is 36.6 Å². The van der Waals surface area contributed by atoms with Gasteiger partial charge in [-0.1, -0.05) is 0 Å². The van der Waals surface area contributed by atoms with Gasteiger partial charge >= 0.3 is 0 Å². The molecule has 1 amide bonds. The molecule has 6 nitrogen and oxygen atoms in total. The van der Waals surface area contributed by atoms with E-state index in [0.29, 0.717) is 34.1 Å². The van der Waals surface area contributed by atoms with Crippen LogP contribution < -0.4 is 5.43 Å². The maximum atomic E-state index is 14.0. The summed E-state index contributed by atoms with van der Waals surface area (Å²) in [6, 6.07) is 9.44. The van der Waals surface area contributed by atoms with Crippen molar-refractivity contribution in [2.45, 2.75) is 44.3 Å². The molecule has 1 fully saturated rings. The number of carbonyl (C=O) groups is 1. The third-order valence-electron chi connectivity index (χ3n) is 7.60. The van der Waals surface area contributed by atoms with Crippen LogP contribution in [0.1, 0.15) is 46.9 Å². The quantitative estimate of drug-likeness (QED) is 0.394. The number of halogens is 3. The molecule has 2 bridgehead atoms. The van der Waals surface area contributed by atoms with Crippen molar-refractivity contribution in [3.63, 3.8) is 0 Å². The van der Waals surface area contributed by atoms with Crippen LogP contribution in [0.25, 0.3) is 22.2 Å². The second-order valence-corrected chi connectivity index (χ2v) is 9.81. The van der Waals surface area contributed by atoms with Crippen molar-refractivity contribution in [2.75, 3.05) is 6.67 Å². The lowest BCUT2D eigenvalue weighted by molar-refractivity contribution is 0.0392. The summed E-state index contributed by atoms with van der Waals surface area (Å²) in [5.41, 5.74) is 3.50. The molecule has 0 aliphatic carbocycles. The Morgan fingerprint density at radius 3 is 2.62 bits per heavy atom. The van der Waals surface area contributed by atoms with Gasteiger partial charge in [-0.25, -0.2) is 13.2 Å². The van der Waals surface area contributed by atoms with Crippen LogP contribution in [0, 0.1) is 11.6 Å². The van der Waals surface area contributed by atoms with Gasteiger partial charge in [-0.3, -0.25) is 14.3 Å². The molecule has 1 saturated heterocycles. The van der Waals surface area contributed by atoms with E-state index >= 15 is 0 Å². The van der Waals surface area contributed by atoms with Crippen LogP contribution in [0.4, 0.5) is 13.2 Å². The third kappa shape index (κ3) is 3.84. The first-order valence-electron chi connectivity index (χ1n) is 12.4. The number of rotatable bonds is 4. The molecule has 4 heterocycles. The number of benzene rings is 2. The van der Waals surface area contributed by atoms with E-state index in [2.05, 4.69) is 0 Å². The highest BCUT2D eigenvalue weighted by Crippen LogP contribution is 2.45. The lowest BCUT2D eigenvalue weighted by Gasteiger charge is -2.45. The number of carbonyl (C=O) groups excluding carboxylic acids is 1. The molecule has 0 unspecified atom stereocenters. The largest absolute Gasteiger partial charge is 0.345 e. The molecule has 2 atom stereocenters.